The molecule has 6 nitrogen and oxygen atoms in total. The topological polar surface area (TPSA) is 70.7 Å². The molecule has 154 valence electrons. The van der Waals surface area contributed by atoms with Crippen molar-refractivity contribution in [3.8, 4) is 5.75 Å². The zero-order valence-corrected chi connectivity index (χ0v) is 17.5. The number of rotatable bonds is 4. The van der Waals surface area contributed by atoms with Crippen LogP contribution in [0.2, 0.25) is 0 Å². The molecule has 1 saturated carbocycles. The van der Waals surface area contributed by atoms with Crippen molar-refractivity contribution in [3.63, 3.8) is 0 Å². The first-order valence-corrected chi connectivity index (χ1v) is 10.4. The van der Waals surface area contributed by atoms with Gasteiger partial charge in [0.15, 0.2) is 0 Å². The van der Waals surface area contributed by atoms with Gasteiger partial charge < -0.3 is 20.3 Å². The summed E-state index contributed by atoms with van der Waals surface area (Å²) in [4.78, 5) is 27.2. The number of carbonyl (C=O) groups is 2. The van der Waals surface area contributed by atoms with Crippen LogP contribution < -0.4 is 20.3 Å². The van der Waals surface area contributed by atoms with Gasteiger partial charge >= 0.3 is 6.03 Å². The summed E-state index contributed by atoms with van der Waals surface area (Å²) >= 11 is 0. The van der Waals surface area contributed by atoms with Gasteiger partial charge in [-0.15, -0.1) is 0 Å². The third-order valence-electron chi connectivity index (χ3n) is 5.41. The molecule has 0 atom stereocenters. The summed E-state index contributed by atoms with van der Waals surface area (Å²) in [5, 5.41) is 5.97. The third-order valence-corrected chi connectivity index (χ3v) is 5.41. The molecule has 0 unspecified atom stereocenters. The van der Waals surface area contributed by atoms with Crippen molar-refractivity contribution in [2.75, 3.05) is 23.4 Å². The molecular weight excluding hydrogens is 354 g/mol. The van der Waals surface area contributed by atoms with Gasteiger partial charge in [0, 0.05) is 24.3 Å². The second-order valence-corrected chi connectivity index (χ2v) is 9.10. The first-order chi connectivity index (χ1) is 13.3. The molecule has 28 heavy (non-hydrogen) atoms. The molecule has 3 rings (SSSR count). The second-order valence-electron chi connectivity index (χ2n) is 9.10. The lowest BCUT2D eigenvalue weighted by atomic mass is 9.92. The minimum atomic E-state index is -0.597. The molecule has 0 bridgehead atoms. The highest BCUT2D eigenvalue weighted by Gasteiger charge is 2.38. The lowest BCUT2D eigenvalue weighted by Gasteiger charge is -2.29. The van der Waals surface area contributed by atoms with Gasteiger partial charge in [-0.25, -0.2) is 4.79 Å². The van der Waals surface area contributed by atoms with E-state index in [1.54, 1.807) is 0 Å². The summed E-state index contributed by atoms with van der Waals surface area (Å²) < 4.78 is 5.98. The maximum atomic E-state index is 13.0. The van der Waals surface area contributed by atoms with E-state index >= 15 is 0 Å². The van der Waals surface area contributed by atoms with Gasteiger partial charge in [0.25, 0.3) is 0 Å². The zero-order chi connectivity index (χ0) is 20.3. The van der Waals surface area contributed by atoms with Gasteiger partial charge in [-0.2, -0.15) is 0 Å². The van der Waals surface area contributed by atoms with E-state index in [9.17, 15) is 9.59 Å². The molecule has 1 aliphatic carbocycles. The minimum Gasteiger partial charge on any atom is -0.490 e. The predicted octanol–water partition coefficient (Wildman–Crippen LogP) is 4.55. The quantitative estimate of drug-likeness (QED) is 0.796. The highest BCUT2D eigenvalue weighted by molar-refractivity contribution is 6.00. The largest absolute Gasteiger partial charge is 0.490 e. The van der Waals surface area contributed by atoms with Gasteiger partial charge in [-0.1, -0.05) is 33.1 Å². The Kier molecular flexibility index (Phi) is 6.16. The lowest BCUT2D eigenvalue weighted by Crippen LogP contribution is -2.43. The molecule has 1 aliphatic heterocycles. The SMILES string of the molecule is CC(C)CN1C(=O)C(C)(C)COc2cc(NC(=O)NC3CCCCC3)ccc21. The fourth-order valence-electron chi connectivity index (χ4n) is 3.87. The van der Waals surface area contributed by atoms with Gasteiger partial charge in [-0.3, -0.25) is 4.79 Å². The van der Waals surface area contributed by atoms with Crippen LogP contribution in [-0.2, 0) is 4.79 Å². The van der Waals surface area contributed by atoms with Crippen molar-refractivity contribution < 1.29 is 14.3 Å². The van der Waals surface area contributed by atoms with Crippen molar-refractivity contribution in [1.29, 1.82) is 0 Å². The first-order valence-electron chi connectivity index (χ1n) is 10.4. The predicted molar refractivity (Wildman–Crippen MR) is 112 cm³/mol. The van der Waals surface area contributed by atoms with E-state index in [2.05, 4.69) is 24.5 Å². The van der Waals surface area contributed by atoms with Crippen LogP contribution in [0, 0.1) is 11.3 Å². The second kappa shape index (κ2) is 8.41. The molecule has 0 aromatic heterocycles. The van der Waals surface area contributed by atoms with Crippen LogP contribution in [0.3, 0.4) is 0 Å². The Bertz CT molecular complexity index is 724. The third kappa shape index (κ3) is 4.78. The number of amides is 3. The average molecular weight is 388 g/mol. The summed E-state index contributed by atoms with van der Waals surface area (Å²) in [5.74, 6) is 1.04. The van der Waals surface area contributed by atoms with E-state index < -0.39 is 5.41 Å². The number of carbonyl (C=O) groups excluding carboxylic acids is 2. The molecule has 1 fully saturated rings. The molecule has 1 aromatic carbocycles. The average Bonchev–Trinajstić information content (AvgIpc) is 2.72. The van der Waals surface area contributed by atoms with Gasteiger partial charge in [0.05, 0.1) is 11.1 Å². The molecule has 1 aromatic rings. The van der Waals surface area contributed by atoms with E-state index in [1.807, 2.05) is 36.9 Å². The smallest absolute Gasteiger partial charge is 0.319 e. The van der Waals surface area contributed by atoms with Crippen molar-refractivity contribution >= 4 is 23.3 Å². The number of hydrogen-bond donors (Lipinski definition) is 2. The zero-order valence-electron chi connectivity index (χ0n) is 17.5. The van der Waals surface area contributed by atoms with Crippen molar-refractivity contribution in [2.45, 2.75) is 65.8 Å². The van der Waals surface area contributed by atoms with Crippen molar-refractivity contribution in [1.82, 2.24) is 5.32 Å². The summed E-state index contributed by atoms with van der Waals surface area (Å²) in [5.41, 5.74) is 0.839. The number of urea groups is 1. The summed E-state index contributed by atoms with van der Waals surface area (Å²) in [6, 6.07) is 5.59. The number of fused-ring (bicyclic) bond motifs is 1. The van der Waals surface area contributed by atoms with E-state index in [4.69, 9.17) is 4.74 Å². The Hall–Kier alpha value is -2.24. The first kappa shape index (κ1) is 20.5. The highest BCUT2D eigenvalue weighted by Crippen LogP contribution is 2.38. The number of benzene rings is 1. The molecule has 0 saturated heterocycles. The Morgan fingerprint density at radius 1 is 1.25 bits per heavy atom. The molecule has 2 aliphatic rings. The molecule has 0 radical (unpaired) electrons. The Balaban J connectivity index is 1.76. The fourth-order valence-corrected chi connectivity index (χ4v) is 3.87. The van der Waals surface area contributed by atoms with E-state index in [1.165, 1.54) is 19.3 Å². The monoisotopic (exact) mass is 387 g/mol. The molecule has 3 amide bonds. The van der Waals surface area contributed by atoms with Gasteiger partial charge in [0.1, 0.15) is 12.4 Å². The van der Waals surface area contributed by atoms with Crippen LogP contribution in [0.25, 0.3) is 0 Å². The maximum Gasteiger partial charge on any atom is 0.319 e. The van der Waals surface area contributed by atoms with E-state index in [0.29, 0.717) is 30.5 Å². The summed E-state index contributed by atoms with van der Waals surface area (Å²) in [7, 11) is 0. The highest BCUT2D eigenvalue weighted by atomic mass is 16.5. The Labute approximate surface area is 168 Å². The number of nitrogens with zero attached hydrogens (tertiary/aromatic N) is 1. The number of anilines is 2. The Morgan fingerprint density at radius 3 is 2.64 bits per heavy atom. The van der Waals surface area contributed by atoms with Crippen LogP contribution in [-0.4, -0.2) is 31.1 Å². The van der Waals surface area contributed by atoms with Crippen LogP contribution in [0.15, 0.2) is 18.2 Å². The van der Waals surface area contributed by atoms with Crippen LogP contribution in [0.1, 0.15) is 59.8 Å². The molecule has 2 N–H and O–H groups in total. The molecular formula is C22H33N3O3. The van der Waals surface area contributed by atoms with Gasteiger partial charge in [-0.05, 0) is 44.7 Å². The Morgan fingerprint density at radius 2 is 1.96 bits per heavy atom. The van der Waals surface area contributed by atoms with Crippen molar-refractivity contribution in [3.05, 3.63) is 18.2 Å². The molecule has 6 heteroatoms. The van der Waals surface area contributed by atoms with Crippen molar-refractivity contribution in [2.24, 2.45) is 11.3 Å². The van der Waals surface area contributed by atoms with Crippen LogP contribution >= 0.6 is 0 Å². The minimum absolute atomic E-state index is 0.0655. The molecule has 1 heterocycles. The molecule has 0 spiro atoms. The number of hydrogen-bond acceptors (Lipinski definition) is 3. The summed E-state index contributed by atoms with van der Waals surface area (Å²) in [6.45, 7) is 8.95. The van der Waals surface area contributed by atoms with Crippen LogP contribution in [0.5, 0.6) is 5.75 Å². The fraction of sp³-hybridized carbons (Fsp3) is 0.636. The summed E-state index contributed by atoms with van der Waals surface area (Å²) in [6.07, 6.45) is 5.69. The lowest BCUT2D eigenvalue weighted by molar-refractivity contribution is -0.127. The normalized spacial score (nSPS) is 19.6. The number of ether oxygens (including phenoxy) is 1. The maximum absolute atomic E-state index is 13.0. The standard InChI is InChI=1S/C22H33N3O3/c1-15(2)13-25-18-11-10-17(12-19(18)28-14-22(3,4)20(25)26)24-21(27)23-16-8-6-5-7-9-16/h10-12,15-16H,5-9,13-14H2,1-4H3,(H2,23,24,27). The van der Waals surface area contributed by atoms with E-state index in [0.717, 1.165) is 18.5 Å². The van der Waals surface area contributed by atoms with Crippen LogP contribution in [0.4, 0.5) is 16.2 Å². The number of nitrogens with one attached hydrogen (secondary N) is 2. The van der Waals surface area contributed by atoms with E-state index in [-0.39, 0.29) is 18.0 Å². The van der Waals surface area contributed by atoms with Gasteiger partial charge in [0.2, 0.25) is 5.91 Å².